The van der Waals surface area contributed by atoms with Crippen LogP contribution in [0.3, 0.4) is 0 Å². The number of nitro benzene ring substituents is 1. The molecule has 0 aliphatic carbocycles. The highest BCUT2D eigenvalue weighted by Gasteiger charge is 2.14. The normalized spacial score (nSPS) is 10.2. The highest BCUT2D eigenvalue weighted by Crippen LogP contribution is 2.24. The van der Waals surface area contributed by atoms with Crippen LogP contribution in [0.5, 0.6) is 5.75 Å². The second-order valence-corrected chi connectivity index (χ2v) is 5.03. The Morgan fingerprint density at radius 2 is 2.04 bits per heavy atom. The average molecular weight is 314 g/mol. The van der Waals surface area contributed by atoms with Crippen LogP contribution < -0.4 is 10.1 Å². The Morgan fingerprint density at radius 1 is 1.26 bits per heavy atom. The van der Waals surface area contributed by atoms with E-state index in [1.165, 1.54) is 6.07 Å². The summed E-state index contributed by atoms with van der Waals surface area (Å²) in [4.78, 5) is 22.7. The molecule has 1 amide bonds. The zero-order chi connectivity index (χ0) is 16.8. The van der Waals surface area contributed by atoms with Gasteiger partial charge in [0.05, 0.1) is 18.5 Å². The first-order chi connectivity index (χ1) is 11.0. The lowest BCUT2D eigenvalue weighted by atomic mass is 10.1. The van der Waals surface area contributed by atoms with Gasteiger partial charge in [-0.1, -0.05) is 25.1 Å². The van der Waals surface area contributed by atoms with E-state index in [2.05, 4.69) is 5.32 Å². The molecule has 6 heteroatoms. The van der Waals surface area contributed by atoms with Gasteiger partial charge in [-0.05, 0) is 30.2 Å². The van der Waals surface area contributed by atoms with E-state index in [0.29, 0.717) is 23.4 Å². The molecule has 0 aromatic heterocycles. The van der Waals surface area contributed by atoms with Gasteiger partial charge in [-0.2, -0.15) is 0 Å². The topological polar surface area (TPSA) is 81.5 Å². The predicted octanol–water partition coefficient (Wildman–Crippen LogP) is 3.35. The van der Waals surface area contributed by atoms with Crippen molar-refractivity contribution in [2.75, 3.05) is 12.4 Å². The Balaban J connectivity index is 2.10. The Morgan fingerprint density at radius 3 is 2.70 bits per heavy atom. The Hall–Kier alpha value is -2.89. The summed E-state index contributed by atoms with van der Waals surface area (Å²) in [6.07, 6.45) is 0.731. The molecule has 0 fully saturated rings. The monoisotopic (exact) mass is 314 g/mol. The minimum Gasteiger partial charge on any atom is -0.497 e. The summed E-state index contributed by atoms with van der Waals surface area (Å²) in [6, 6.07) is 11.9. The minimum atomic E-state index is -0.434. The van der Waals surface area contributed by atoms with Crippen molar-refractivity contribution in [3.05, 3.63) is 63.7 Å². The summed E-state index contributed by atoms with van der Waals surface area (Å²) < 4.78 is 5.12. The molecular weight excluding hydrogens is 296 g/mol. The number of nitro groups is 1. The van der Waals surface area contributed by atoms with E-state index in [-0.39, 0.29) is 18.0 Å². The lowest BCUT2D eigenvalue weighted by Crippen LogP contribution is -2.14. The van der Waals surface area contributed by atoms with E-state index < -0.39 is 4.92 Å². The van der Waals surface area contributed by atoms with Crippen molar-refractivity contribution in [2.24, 2.45) is 0 Å². The van der Waals surface area contributed by atoms with Gasteiger partial charge in [-0.3, -0.25) is 14.9 Å². The van der Waals surface area contributed by atoms with E-state index in [9.17, 15) is 14.9 Å². The van der Waals surface area contributed by atoms with Gasteiger partial charge in [0.1, 0.15) is 5.75 Å². The number of hydrogen-bond acceptors (Lipinski definition) is 4. The molecule has 6 nitrogen and oxygen atoms in total. The molecule has 0 unspecified atom stereocenters. The van der Waals surface area contributed by atoms with Crippen molar-refractivity contribution in [3.63, 3.8) is 0 Å². The Bertz CT molecular complexity index is 728. The number of nitrogens with one attached hydrogen (secondary N) is 1. The molecule has 120 valence electrons. The van der Waals surface area contributed by atoms with Crippen LogP contribution in [0.15, 0.2) is 42.5 Å². The van der Waals surface area contributed by atoms with Gasteiger partial charge in [-0.25, -0.2) is 0 Å². The molecule has 0 saturated carbocycles. The number of nitrogens with zero attached hydrogens (tertiary/aromatic N) is 1. The molecule has 0 aliphatic rings. The number of carbonyl (C=O) groups excluding carboxylic acids is 1. The van der Waals surface area contributed by atoms with Gasteiger partial charge in [0.15, 0.2) is 0 Å². The lowest BCUT2D eigenvalue weighted by molar-refractivity contribution is -0.385. The molecule has 2 rings (SSSR count). The molecular formula is C17H18N2O4. The summed E-state index contributed by atoms with van der Waals surface area (Å²) in [7, 11) is 1.56. The van der Waals surface area contributed by atoms with Crippen molar-refractivity contribution in [2.45, 2.75) is 19.8 Å². The van der Waals surface area contributed by atoms with E-state index in [0.717, 1.165) is 5.56 Å². The first-order valence-corrected chi connectivity index (χ1v) is 7.23. The van der Waals surface area contributed by atoms with Crippen molar-refractivity contribution in [3.8, 4) is 5.75 Å². The second-order valence-electron chi connectivity index (χ2n) is 5.03. The van der Waals surface area contributed by atoms with Gasteiger partial charge in [0.2, 0.25) is 5.91 Å². The van der Waals surface area contributed by atoms with Crippen LogP contribution in [0.2, 0.25) is 0 Å². The van der Waals surface area contributed by atoms with Crippen molar-refractivity contribution in [1.82, 2.24) is 0 Å². The lowest BCUT2D eigenvalue weighted by Gasteiger charge is -2.08. The zero-order valence-corrected chi connectivity index (χ0v) is 13.0. The summed E-state index contributed by atoms with van der Waals surface area (Å²) in [5.41, 5.74) is 1.88. The first kappa shape index (κ1) is 16.5. The van der Waals surface area contributed by atoms with Gasteiger partial charge in [0, 0.05) is 17.3 Å². The van der Waals surface area contributed by atoms with Crippen LogP contribution in [-0.4, -0.2) is 17.9 Å². The second kappa shape index (κ2) is 7.40. The highest BCUT2D eigenvalue weighted by molar-refractivity contribution is 5.92. The van der Waals surface area contributed by atoms with Crippen LogP contribution in [0.4, 0.5) is 11.4 Å². The van der Waals surface area contributed by atoms with Crippen LogP contribution >= 0.6 is 0 Å². The van der Waals surface area contributed by atoms with Crippen molar-refractivity contribution in [1.29, 1.82) is 0 Å². The van der Waals surface area contributed by atoms with Gasteiger partial charge >= 0.3 is 0 Å². The van der Waals surface area contributed by atoms with E-state index in [1.807, 2.05) is 19.1 Å². The number of hydrogen-bond donors (Lipinski definition) is 1. The quantitative estimate of drug-likeness (QED) is 0.655. The maximum absolute atomic E-state index is 12.1. The van der Waals surface area contributed by atoms with Crippen LogP contribution in [-0.2, 0) is 17.6 Å². The summed E-state index contributed by atoms with van der Waals surface area (Å²) in [5, 5.41) is 13.7. The van der Waals surface area contributed by atoms with Gasteiger partial charge in [-0.15, -0.1) is 0 Å². The summed E-state index contributed by atoms with van der Waals surface area (Å²) >= 11 is 0. The number of methoxy groups -OCH3 is 1. The molecule has 0 radical (unpaired) electrons. The van der Waals surface area contributed by atoms with Crippen LogP contribution in [0.1, 0.15) is 18.1 Å². The SMILES string of the molecule is CCc1ccc(NC(=O)Cc2cccc(OC)c2)cc1[N+](=O)[O-]. The number of rotatable bonds is 6. The zero-order valence-electron chi connectivity index (χ0n) is 13.0. The maximum atomic E-state index is 12.1. The molecule has 1 N–H and O–H groups in total. The number of ether oxygens (including phenoxy) is 1. The molecule has 0 saturated heterocycles. The summed E-state index contributed by atoms with van der Waals surface area (Å²) in [6.45, 7) is 1.85. The van der Waals surface area contributed by atoms with E-state index in [1.54, 1.807) is 31.4 Å². The molecule has 23 heavy (non-hydrogen) atoms. The predicted molar refractivity (Wildman–Crippen MR) is 87.8 cm³/mol. The largest absolute Gasteiger partial charge is 0.497 e. The van der Waals surface area contributed by atoms with Crippen LogP contribution in [0.25, 0.3) is 0 Å². The fourth-order valence-electron chi connectivity index (χ4n) is 2.28. The number of anilines is 1. The fourth-order valence-corrected chi connectivity index (χ4v) is 2.28. The molecule has 0 atom stereocenters. The Kier molecular flexibility index (Phi) is 5.30. The highest BCUT2D eigenvalue weighted by atomic mass is 16.6. The molecule has 0 aliphatic heterocycles. The molecule has 0 heterocycles. The van der Waals surface area contributed by atoms with Crippen molar-refractivity contribution >= 4 is 17.3 Å². The Labute approximate surface area is 134 Å². The van der Waals surface area contributed by atoms with E-state index in [4.69, 9.17) is 4.74 Å². The van der Waals surface area contributed by atoms with Crippen LogP contribution in [0, 0.1) is 10.1 Å². The third kappa shape index (κ3) is 4.29. The average Bonchev–Trinajstić information content (AvgIpc) is 2.54. The van der Waals surface area contributed by atoms with Gasteiger partial charge < -0.3 is 10.1 Å². The number of aryl methyl sites for hydroxylation is 1. The first-order valence-electron chi connectivity index (χ1n) is 7.23. The number of benzene rings is 2. The third-order valence-electron chi connectivity index (χ3n) is 3.45. The van der Waals surface area contributed by atoms with Gasteiger partial charge in [0.25, 0.3) is 5.69 Å². The summed E-state index contributed by atoms with van der Waals surface area (Å²) in [5.74, 6) is 0.440. The molecule has 2 aromatic carbocycles. The smallest absolute Gasteiger partial charge is 0.274 e. The van der Waals surface area contributed by atoms with Crippen molar-refractivity contribution < 1.29 is 14.5 Å². The number of carbonyl (C=O) groups is 1. The fraction of sp³-hybridized carbons (Fsp3) is 0.235. The third-order valence-corrected chi connectivity index (χ3v) is 3.45. The minimum absolute atomic E-state index is 0.0201. The number of amides is 1. The molecule has 0 spiro atoms. The standard InChI is InChI=1S/C17H18N2O4/c1-3-13-7-8-14(11-16(13)19(21)22)18-17(20)10-12-5-4-6-15(9-12)23-2/h4-9,11H,3,10H2,1-2H3,(H,18,20). The molecule has 2 aromatic rings. The maximum Gasteiger partial charge on any atom is 0.274 e. The molecule has 0 bridgehead atoms. The van der Waals surface area contributed by atoms with E-state index >= 15 is 0 Å².